The lowest BCUT2D eigenvalue weighted by Crippen LogP contribution is -2.20. The van der Waals surface area contributed by atoms with Gasteiger partial charge in [0, 0.05) is 12.3 Å². The van der Waals surface area contributed by atoms with Gasteiger partial charge in [0.05, 0.1) is 22.4 Å². The normalized spacial score (nSPS) is 13.1. The second-order valence-electron chi connectivity index (χ2n) is 5.10. The molecule has 1 amide bonds. The van der Waals surface area contributed by atoms with Gasteiger partial charge in [-0.3, -0.25) is 14.7 Å². The van der Waals surface area contributed by atoms with E-state index in [2.05, 4.69) is 4.98 Å². The number of halogens is 6. The molecule has 6 nitrogen and oxygen atoms in total. The molecule has 0 fully saturated rings. The Morgan fingerprint density at radius 2 is 1.85 bits per heavy atom. The van der Waals surface area contributed by atoms with Crippen LogP contribution in [0.4, 0.5) is 26.3 Å². The highest BCUT2D eigenvalue weighted by atomic mass is 19.4. The van der Waals surface area contributed by atoms with Crippen LogP contribution in [-0.2, 0) is 11.0 Å². The van der Waals surface area contributed by atoms with Gasteiger partial charge >= 0.3 is 12.4 Å². The van der Waals surface area contributed by atoms with Gasteiger partial charge in [0.15, 0.2) is 5.82 Å². The molecule has 0 aliphatic heterocycles. The fourth-order valence-electron chi connectivity index (χ4n) is 2.19. The number of nitrogens with one attached hydrogen (secondary N) is 1. The van der Waals surface area contributed by atoms with E-state index < -0.39 is 40.5 Å². The first-order valence-electron chi connectivity index (χ1n) is 6.76. The number of H-pyrrole nitrogens is 1. The maximum Gasteiger partial charge on any atom is 0.417 e. The molecule has 0 aromatic carbocycles. The van der Waals surface area contributed by atoms with Gasteiger partial charge in [-0.2, -0.15) is 26.3 Å². The first-order chi connectivity index (χ1) is 11.8. The largest absolute Gasteiger partial charge is 0.417 e. The number of allylic oxidation sites excluding steroid dienone is 1. The molecule has 0 radical (unpaired) electrons. The number of hydrogen-bond acceptors (Lipinski definition) is 3. The van der Waals surface area contributed by atoms with Crippen molar-refractivity contribution in [3.05, 3.63) is 51.6 Å². The molecular weight excluding hydrogens is 370 g/mol. The molecule has 0 saturated heterocycles. The molecule has 26 heavy (non-hydrogen) atoms. The van der Waals surface area contributed by atoms with E-state index in [-0.39, 0.29) is 17.6 Å². The van der Waals surface area contributed by atoms with E-state index in [9.17, 15) is 35.9 Å². The number of carbonyl (C=O) groups is 1. The van der Waals surface area contributed by atoms with E-state index >= 15 is 0 Å². The van der Waals surface area contributed by atoms with Crippen molar-refractivity contribution in [2.24, 2.45) is 5.73 Å². The highest BCUT2D eigenvalue weighted by Gasteiger charge is 2.39. The second-order valence-corrected chi connectivity index (χ2v) is 5.10. The standard InChI is InChI=1S/C14H10F6N4O2/c1-6-11(8(4-9(21)25)14(18,19)20)12(26)23-24(6)10-3-2-7(5-22-10)13(15,16)17/h2-5H,1H3,(H2,21,25)(H,23,26)/b8-4+. The smallest absolute Gasteiger partial charge is 0.366 e. The van der Waals surface area contributed by atoms with Crippen LogP contribution >= 0.6 is 0 Å². The molecule has 2 heterocycles. The van der Waals surface area contributed by atoms with Gasteiger partial charge in [-0.25, -0.2) is 9.67 Å². The SMILES string of the molecule is Cc1c(/C(=C\C(N)=O)C(F)(F)F)c(=O)[nH]n1-c1ccc(C(F)(F)F)cn1. The third-order valence-corrected chi connectivity index (χ3v) is 3.30. The van der Waals surface area contributed by atoms with E-state index in [0.717, 1.165) is 17.7 Å². The van der Waals surface area contributed by atoms with Crippen LogP contribution in [-0.4, -0.2) is 26.8 Å². The van der Waals surface area contributed by atoms with Crippen molar-refractivity contribution in [1.82, 2.24) is 14.8 Å². The molecule has 0 aliphatic carbocycles. The Morgan fingerprint density at radius 3 is 2.27 bits per heavy atom. The summed E-state index contributed by atoms with van der Waals surface area (Å²) >= 11 is 0. The average molecular weight is 380 g/mol. The molecule has 12 heteroatoms. The number of rotatable bonds is 3. The Labute approximate surface area is 140 Å². The quantitative estimate of drug-likeness (QED) is 0.632. The number of aromatic amines is 1. The molecular formula is C14H10F6N4O2. The monoisotopic (exact) mass is 380 g/mol. The predicted octanol–water partition coefficient (Wildman–Crippen LogP) is 2.32. The first-order valence-corrected chi connectivity index (χ1v) is 6.76. The van der Waals surface area contributed by atoms with E-state index in [1.54, 1.807) is 0 Å². The summed E-state index contributed by atoms with van der Waals surface area (Å²) in [6, 6.07) is 1.53. The number of amides is 1. The Balaban J connectivity index is 2.61. The van der Waals surface area contributed by atoms with Crippen LogP contribution in [0.2, 0.25) is 0 Å². The van der Waals surface area contributed by atoms with Gasteiger partial charge in [0.2, 0.25) is 5.91 Å². The van der Waals surface area contributed by atoms with E-state index in [0.29, 0.717) is 12.3 Å². The van der Waals surface area contributed by atoms with Crippen LogP contribution in [0.1, 0.15) is 16.8 Å². The Bertz CT molecular complexity index is 919. The molecule has 0 bridgehead atoms. The van der Waals surface area contributed by atoms with Crippen LogP contribution in [0, 0.1) is 6.92 Å². The summed E-state index contributed by atoms with van der Waals surface area (Å²) in [7, 11) is 0. The number of carbonyl (C=O) groups excluding carboxylic acids is 1. The van der Waals surface area contributed by atoms with Crippen LogP contribution in [0.15, 0.2) is 29.2 Å². The zero-order valence-electron chi connectivity index (χ0n) is 12.9. The van der Waals surface area contributed by atoms with Gasteiger partial charge in [0.1, 0.15) is 0 Å². The fraction of sp³-hybridized carbons (Fsp3) is 0.214. The minimum Gasteiger partial charge on any atom is -0.366 e. The topological polar surface area (TPSA) is 93.8 Å². The molecule has 3 N–H and O–H groups in total. The molecule has 0 atom stereocenters. The van der Waals surface area contributed by atoms with Gasteiger partial charge < -0.3 is 5.73 Å². The number of primary amides is 1. The minimum absolute atomic E-state index is 0.0576. The van der Waals surface area contributed by atoms with Gasteiger partial charge in [0.25, 0.3) is 5.56 Å². The zero-order valence-corrected chi connectivity index (χ0v) is 12.9. The first kappa shape index (κ1) is 19.3. The van der Waals surface area contributed by atoms with Crippen molar-refractivity contribution >= 4 is 11.5 Å². The summed E-state index contributed by atoms with van der Waals surface area (Å²) in [6.45, 7) is 1.10. The molecule has 2 aromatic heterocycles. The molecule has 2 rings (SSSR count). The van der Waals surface area contributed by atoms with E-state index in [1.165, 1.54) is 0 Å². The van der Waals surface area contributed by atoms with E-state index in [4.69, 9.17) is 5.73 Å². The van der Waals surface area contributed by atoms with Crippen molar-refractivity contribution in [3.63, 3.8) is 0 Å². The molecule has 0 saturated carbocycles. The number of alkyl halides is 6. The van der Waals surface area contributed by atoms with Crippen LogP contribution in [0.5, 0.6) is 0 Å². The summed E-state index contributed by atoms with van der Waals surface area (Å²) < 4.78 is 77.8. The minimum atomic E-state index is -5.06. The Morgan fingerprint density at radius 1 is 1.23 bits per heavy atom. The van der Waals surface area contributed by atoms with Gasteiger partial charge in [-0.05, 0) is 19.1 Å². The van der Waals surface area contributed by atoms with Crippen molar-refractivity contribution < 1.29 is 31.1 Å². The van der Waals surface area contributed by atoms with E-state index in [1.807, 2.05) is 5.10 Å². The predicted molar refractivity (Wildman–Crippen MR) is 77.2 cm³/mol. The van der Waals surface area contributed by atoms with Crippen molar-refractivity contribution in [3.8, 4) is 5.82 Å². The summed E-state index contributed by atoms with van der Waals surface area (Å²) in [6.07, 6.45) is -9.19. The molecule has 2 aromatic rings. The number of aromatic nitrogens is 3. The van der Waals surface area contributed by atoms with Gasteiger partial charge in [-0.1, -0.05) is 0 Å². The lowest BCUT2D eigenvalue weighted by molar-refractivity contribution is -0.137. The fourth-order valence-corrected chi connectivity index (χ4v) is 2.19. The van der Waals surface area contributed by atoms with Crippen molar-refractivity contribution in [1.29, 1.82) is 0 Å². The lowest BCUT2D eigenvalue weighted by Gasteiger charge is -2.11. The van der Waals surface area contributed by atoms with Crippen molar-refractivity contribution in [2.75, 3.05) is 0 Å². The van der Waals surface area contributed by atoms with Gasteiger partial charge in [-0.15, -0.1) is 0 Å². The highest BCUT2D eigenvalue weighted by molar-refractivity contribution is 5.95. The number of nitrogens with zero attached hydrogens (tertiary/aromatic N) is 2. The molecule has 0 spiro atoms. The summed E-state index contributed by atoms with van der Waals surface area (Å²) in [4.78, 5) is 26.3. The maximum atomic E-state index is 13.1. The number of hydrogen-bond donors (Lipinski definition) is 2. The average Bonchev–Trinajstić information content (AvgIpc) is 2.78. The number of nitrogens with two attached hydrogens (primary N) is 1. The maximum absolute atomic E-state index is 13.1. The van der Waals surface area contributed by atoms with Crippen LogP contribution < -0.4 is 11.3 Å². The second kappa shape index (κ2) is 6.35. The molecule has 140 valence electrons. The Hall–Kier alpha value is -3.05. The third kappa shape index (κ3) is 3.78. The zero-order chi connectivity index (χ0) is 19.9. The summed E-state index contributed by atoms with van der Waals surface area (Å²) in [5.41, 5.74) is -0.314. The summed E-state index contributed by atoms with van der Waals surface area (Å²) in [5.74, 6) is -1.67. The lowest BCUT2D eigenvalue weighted by atomic mass is 10.1. The van der Waals surface area contributed by atoms with Crippen LogP contribution in [0.3, 0.4) is 0 Å². The molecule has 0 unspecified atom stereocenters. The highest BCUT2D eigenvalue weighted by Crippen LogP contribution is 2.34. The van der Waals surface area contributed by atoms with Crippen molar-refractivity contribution in [2.45, 2.75) is 19.3 Å². The number of pyridine rings is 1. The Kier molecular flexibility index (Phi) is 4.71. The van der Waals surface area contributed by atoms with Crippen LogP contribution in [0.25, 0.3) is 11.4 Å². The third-order valence-electron chi connectivity index (χ3n) is 3.30. The summed E-state index contributed by atoms with van der Waals surface area (Å²) in [5, 5.41) is 2.04. The molecule has 0 aliphatic rings.